The average molecular weight is 315 g/mol. The van der Waals surface area contributed by atoms with Crippen LogP contribution in [0.2, 0.25) is 0 Å². The first-order valence-corrected chi connectivity index (χ1v) is 5.67. The van der Waals surface area contributed by atoms with Crippen molar-refractivity contribution >= 4 is 33.7 Å². The number of carbonyl (C=O) groups is 3. The van der Waals surface area contributed by atoms with Gasteiger partial charge in [-0.2, -0.15) is 0 Å². The third-order valence-electron chi connectivity index (χ3n) is 1.97. The molecule has 1 aromatic heterocycles. The van der Waals surface area contributed by atoms with Crippen molar-refractivity contribution in [3.8, 4) is 0 Å². The molecule has 0 bridgehead atoms. The zero-order valence-electron chi connectivity index (χ0n) is 9.30. The molecule has 4 N–H and O–H groups in total. The van der Waals surface area contributed by atoms with E-state index in [0.29, 0.717) is 4.60 Å². The second-order valence-corrected chi connectivity index (χ2v) is 4.19. The topological polar surface area (TPSA) is 119 Å². The van der Waals surface area contributed by atoms with E-state index >= 15 is 0 Å². The van der Waals surface area contributed by atoms with Crippen molar-refractivity contribution in [1.29, 1.82) is 0 Å². The first-order valence-electron chi connectivity index (χ1n) is 4.88. The summed E-state index contributed by atoms with van der Waals surface area (Å²) in [6.45, 7) is -0.772. The molecule has 3 amide bonds. The van der Waals surface area contributed by atoms with Gasteiger partial charge in [-0.3, -0.25) is 14.4 Å². The molecule has 7 nitrogen and oxygen atoms in total. The van der Waals surface area contributed by atoms with Crippen LogP contribution in [0.15, 0.2) is 22.9 Å². The number of hydrogen-bond donors (Lipinski definition) is 2. The molecular formula is C10H11BrN4O3. The number of hydrogen-bond acceptors (Lipinski definition) is 4. The number of amides is 3. The van der Waals surface area contributed by atoms with E-state index in [4.69, 9.17) is 11.5 Å². The van der Waals surface area contributed by atoms with Crippen LogP contribution in [-0.4, -0.2) is 40.7 Å². The third-order valence-corrected chi connectivity index (χ3v) is 2.60. The van der Waals surface area contributed by atoms with Crippen molar-refractivity contribution in [3.63, 3.8) is 0 Å². The van der Waals surface area contributed by atoms with E-state index in [2.05, 4.69) is 20.9 Å². The minimum atomic E-state index is -0.732. The maximum Gasteiger partial charge on any atom is 0.257 e. The molecule has 0 spiro atoms. The third kappa shape index (κ3) is 3.81. The second kappa shape index (κ2) is 6.10. The van der Waals surface area contributed by atoms with Gasteiger partial charge in [0.2, 0.25) is 11.8 Å². The van der Waals surface area contributed by atoms with Crippen LogP contribution in [-0.2, 0) is 9.59 Å². The van der Waals surface area contributed by atoms with E-state index in [-0.39, 0.29) is 18.7 Å². The Hall–Kier alpha value is -1.96. The van der Waals surface area contributed by atoms with E-state index < -0.39 is 17.7 Å². The van der Waals surface area contributed by atoms with Gasteiger partial charge in [-0.15, -0.1) is 0 Å². The Morgan fingerprint density at radius 3 is 2.22 bits per heavy atom. The number of nitrogens with two attached hydrogens (primary N) is 2. The highest BCUT2D eigenvalue weighted by atomic mass is 79.9. The fourth-order valence-corrected chi connectivity index (χ4v) is 1.71. The Kier molecular flexibility index (Phi) is 4.78. The lowest BCUT2D eigenvalue weighted by atomic mass is 10.2. The lowest BCUT2D eigenvalue weighted by Gasteiger charge is -2.19. The molecule has 0 aliphatic rings. The molecule has 1 aromatic rings. The highest BCUT2D eigenvalue weighted by molar-refractivity contribution is 9.10. The molecule has 0 fully saturated rings. The van der Waals surface area contributed by atoms with Crippen LogP contribution >= 0.6 is 15.9 Å². The van der Waals surface area contributed by atoms with E-state index in [9.17, 15) is 14.4 Å². The van der Waals surface area contributed by atoms with Crippen molar-refractivity contribution < 1.29 is 14.4 Å². The minimum Gasteiger partial charge on any atom is -0.368 e. The van der Waals surface area contributed by atoms with Crippen LogP contribution in [0, 0.1) is 0 Å². The van der Waals surface area contributed by atoms with Crippen LogP contribution in [0.1, 0.15) is 10.4 Å². The van der Waals surface area contributed by atoms with Crippen LogP contribution in [0.3, 0.4) is 0 Å². The van der Waals surface area contributed by atoms with E-state index in [1.54, 1.807) is 6.07 Å². The summed E-state index contributed by atoms with van der Waals surface area (Å²) in [5.41, 5.74) is 10.2. The van der Waals surface area contributed by atoms with E-state index in [1.165, 1.54) is 12.3 Å². The number of pyridine rings is 1. The smallest absolute Gasteiger partial charge is 0.257 e. The molecule has 0 saturated heterocycles. The number of nitrogens with zero attached hydrogens (tertiary/aromatic N) is 2. The maximum absolute atomic E-state index is 12.1. The number of primary amides is 2. The predicted octanol–water partition coefficient (Wildman–Crippen LogP) is -0.743. The normalized spacial score (nSPS) is 9.83. The van der Waals surface area contributed by atoms with Crippen LogP contribution in [0.5, 0.6) is 0 Å². The summed E-state index contributed by atoms with van der Waals surface area (Å²) in [4.78, 5) is 38.6. The zero-order valence-corrected chi connectivity index (χ0v) is 10.9. The van der Waals surface area contributed by atoms with Crippen LogP contribution in [0.4, 0.5) is 0 Å². The molecule has 1 rings (SSSR count). The summed E-state index contributed by atoms with van der Waals surface area (Å²) < 4.78 is 0.314. The Labute approximate surface area is 111 Å². The van der Waals surface area contributed by atoms with E-state index in [1.807, 2.05) is 0 Å². The van der Waals surface area contributed by atoms with Crippen molar-refractivity contribution in [2.45, 2.75) is 0 Å². The molecule has 0 aliphatic carbocycles. The van der Waals surface area contributed by atoms with Crippen molar-refractivity contribution in [1.82, 2.24) is 9.88 Å². The summed E-state index contributed by atoms with van der Waals surface area (Å²) in [7, 11) is 0. The first-order chi connectivity index (χ1) is 8.41. The second-order valence-electron chi connectivity index (χ2n) is 3.44. The number of carbonyl (C=O) groups excluding carboxylic acids is 3. The molecule has 0 aromatic carbocycles. The Morgan fingerprint density at radius 2 is 1.78 bits per heavy atom. The van der Waals surface area contributed by atoms with Gasteiger partial charge >= 0.3 is 0 Å². The lowest BCUT2D eigenvalue weighted by molar-refractivity contribution is -0.121. The molecule has 0 saturated carbocycles. The van der Waals surface area contributed by atoms with Crippen molar-refractivity contribution in [2.75, 3.05) is 13.1 Å². The first kappa shape index (κ1) is 14.1. The summed E-state index contributed by atoms with van der Waals surface area (Å²) >= 11 is 3.11. The predicted molar refractivity (Wildman–Crippen MR) is 66.2 cm³/mol. The van der Waals surface area contributed by atoms with Crippen molar-refractivity contribution in [2.24, 2.45) is 11.5 Å². The van der Waals surface area contributed by atoms with Gasteiger partial charge in [0.15, 0.2) is 0 Å². The molecule has 0 radical (unpaired) electrons. The van der Waals surface area contributed by atoms with Gasteiger partial charge in [-0.05, 0) is 28.1 Å². The maximum atomic E-state index is 12.1. The summed E-state index contributed by atoms with van der Waals surface area (Å²) in [6.07, 6.45) is 1.49. The number of aromatic nitrogens is 1. The van der Waals surface area contributed by atoms with Gasteiger partial charge in [0.25, 0.3) is 5.91 Å². The fourth-order valence-electron chi connectivity index (χ4n) is 1.29. The van der Waals surface area contributed by atoms with Crippen molar-refractivity contribution in [3.05, 3.63) is 28.5 Å². The Morgan fingerprint density at radius 1 is 1.22 bits per heavy atom. The molecule has 0 atom stereocenters. The highest BCUT2D eigenvalue weighted by Gasteiger charge is 2.21. The molecule has 8 heteroatoms. The molecule has 1 heterocycles. The molecule has 0 aliphatic heterocycles. The minimum absolute atomic E-state index is 0.222. The quantitative estimate of drug-likeness (QED) is 0.695. The van der Waals surface area contributed by atoms with Crippen LogP contribution < -0.4 is 11.5 Å². The Balaban J connectivity index is 2.98. The summed E-state index contributed by atoms with van der Waals surface area (Å²) in [6, 6.07) is 3.07. The van der Waals surface area contributed by atoms with Gasteiger partial charge in [-0.1, -0.05) is 0 Å². The highest BCUT2D eigenvalue weighted by Crippen LogP contribution is 2.14. The van der Waals surface area contributed by atoms with Gasteiger partial charge in [-0.25, -0.2) is 4.98 Å². The summed E-state index contributed by atoms with van der Waals surface area (Å²) in [5, 5.41) is 0. The van der Waals surface area contributed by atoms with Gasteiger partial charge < -0.3 is 16.4 Å². The van der Waals surface area contributed by atoms with Gasteiger partial charge in [0.1, 0.15) is 17.7 Å². The molecular weight excluding hydrogens is 304 g/mol. The zero-order chi connectivity index (χ0) is 13.7. The molecule has 0 unspecified atom stereocenters. The lowest BCUT2D eigenvalue weighted by Crippen LogP contribution is -2.43. The van der Waals surface area contributed by atoms with E-state index in [0.717, 1.165) is 4.90 Å². The fraction of sp³-hybridized carbons (Fsp3) is 0.200. The van der Waals surface area contributed by atoms with Gasteiger partial charge in [0.05, 0.1) is 5.56 Å². The summed E-state index contributed by atoms with van der Waals surface area (Å²) in [5.74, 6) is -2.01. The molecule has 18 heavy (non-hydrogen) atoms. The average Bonchev–Trinajstić information content (AvgIpc) is 2.26. The van der Waals surface area contributed by atoms with Crippen LogP contribution in [0.25, 0.3) is 0 Å². The largest absolute Gasteiger partial charge is 0.368 e. The van der Waals surface area contributed by atoms with Gasteiger partial charge in [0, 0.05) is 6.20 Å². The number of rotatable bonds is 5. The number of halogens is 1. The SMILES string of the molecule is NC(=O)CN(CC(N)=O)C(=O)c1cccnc1Br. The Bertz CT molecular complexity index is 476. The molecule has 96 valence electrons. The standard InChI is InChI=1S/C10H11BrN4O3/c11-9-6(2-1-3-14-9)10(18)15(4-7(12)16)5-8(13)17/h1-3H,4-5H2,(H2,12,16)(H2,13,17). The monoisotopic (exact) mass is 314 g/mol.